The average Bonchev–Trinajstić information content (AvgIpc) is 2.93. The van der Waals surface area contributed by atoms with Crippen LogP contribution in [0.5, 0.6) is 5.75 Å². The molecule has 9 heteroatoms. The van der Waals surface area contributed by atoms with E-state index in [1.807, 2.05) is 0 Å². The minimum absolute atomic E-state index is 0.00583. The van der Waals surface area contributed by atoms with Gasteiger partial charge in [-0.15, -0.1) is 11.3 Å². The lowest BCUT2D eigenvalue weighted by molar-refractivity contribution is -0.384. The van der Waals surface area contributed by atoms with E-state index in [2.05, 4.69) is 5.32 Å². The number of carboxylic acids is 1. The number of rotatable bonds is 6. The Bertz CT molecular complexity index is 727. The van der Waals surface area contributed by atoms with Crippen molar-refractivity contribution < 1.29 is 24.4 Å². The Kier molecular flexibility index (Phi) is 4.69. The Morgan fingerprint density at radius 2 is 2.14 bits per heavy atom. The van der Waals surface area contributed by atoms with Gasteiger partial charge in [-0.1, -0.05) is 6.07 Å². The molecule has 0 bridgehead atoms. The lowest BCUT2D eigenvalue weighted by Gasteiger charge is -2.07. The van der Waals surface area contributed by atoms with Crippen molar-refractivity contribution in [1.29, 1.82) is 0 Å². The molecule has 22 heavy (non-hydrogen) atoms. The summed E-state index contributed by atoms with van der Waals surface area (Å²) in [6, 6.07) is 5.41. The summed E-state index contributed by atoms with van der Waals surface area (Å²) < 4.78 is 5.15. The zero-order valence-corrected chi connectivity index (χ0v) is 11.8. The predicted molar refractivity (Wildman–Crippen MR) is 78.5 cm³/mol. The van der Waals surface area contributed by atoms with Crippen LogP contribution in [-0.2, 0) is 4.79 Å². The highest BCUT2D eigenvalue weighted by Crippen LogP contribution is 2.21. The first-order chi connectivity index (χ1) is 10.5. The number of ether oxygens (including phenoxy) is 1. The molecule has 0 radical (unpaired) electrons. The highest BCUT2D eigenvalue weighted by Gasteiger charge is 2.14. The third kappa shape index (κ3) is 3.79. The average molecular weight is 322 g/mol. The number of carbonyl (C=O) groups excluding carboxylic acids is 1. The minimum Gasteiger partial charge on any atom is -0.484 e. The molecule has 1 aromatic carbocycles. The quantitative estimate of drug-likeness (QED) is 0.622. The Morgan fingerprint density at radius 3 is 2.82 bits per heavy atom. The number of amides is 1. The smallest absolute Gasteiger partial charge is 0.338 e. The maximum Gasteiger partial charge on any atom is 0.338 e. The van der Waals surface area contributed by atoms with Crippen molar-refractivity contribution in [2.24, 2.45) is 0 Å². The molecule has 0 spiro atoms. The highest BCUT2D eigenvalue weighted by molar-refractivity contribution is 7.08. The zero-order chi connectivity index (χ0) is 16.1. The number of carbonyl (C=O) groups is 2. The molecular weight excluding hydrogens is 312 g/mol. The first-order valence-electron chi connectivity index (χ1n) is 5.94. The fourth-order valence-corrected chi connectivity index (χ4v) is 2.34. The van der Waals surface area contributed by atoms with Gasteiger partial charge in [0.05, 0.1) is 22.2 Å². The summed E-state index contributed by atoms with van der Waals surface area (Å²) in [5, 5.41) is 24.8. The number of hydrogen-bond donors (Lipinski definition) is 2. The first-order valence-corrected chi connectivity index (χ1v) is 6.88. The number of thiophene rings is 1. The molecule has 0 saturated heterocycles. The van der Waals surface area contributed by atoms with Gasteiger partial charge in [-0.3, -0.25) is 14.9 Å². The van der Waals surface area contributed by atoms with Crippen LogP contribution in [-0.4, -0.2) is 28.5 Å². The van der Waals surface area contributed by atoms with Crippen molar-refractivity contribution in [2.75, 3.05) is 11.9 Å². The fraction of sp³-hybridized carbons (Fsp3) is 0.0769. The number of aromatic carboxylic acids is 1. The Labute approximate surface area is 128 Å². The number of non-ortho nitro benzene ring substituents is 1. The van der Waals surface area contributed by atoms with Crippen LogP contribution in [0.2, 0.25) is 0 Å². The van der Waals surface area contributed by atoms with Gasteiger partial charge in [0.15, 0.2) is 6.61 Å². The summed E-state index contributed by atoms with van der Waals surface area (Å²) >= 11 is 1.14. The van der Waals surface area contributed by atoms with Crippen LogP contribution in [0, 0.1) is 10.1 Å². The molecule has 0 saturated carbocycles. The van der Waals surface area contributed by atoms with E-state index in [1.165, 1.54) is 35.0 Å². The molecule has 0 aliphatic heterocycles. The second-order valence-corrected chi connectivity index (χ2v) is 4.84. The Balaban J connectivity index is 1.95. The van der Waals surface area contributed by atoms with Crippen molar-refractivity contribution in [3.05, 3.63) is 50.7 Å². The minimum atomic E-state index is -1.14. The number of benzene rings is 1. The zero-order valence-electron chi connectivity index (χ0n) is 11.0. The predicted octanol–water partition coefficient (Wildman–Crippen LogP) is 2.37. The van der Waals surface area contributed by atoms with Crippen LogP contribution in [0.25, 0.3) is 0 Å². The van der Waals surface area contributed by atoms with E-state index >= 15 is 0 Å². The summed E-state index contributed by atoms with van der Waals surface area (Å²) in [6.45, 7) is -0.393. The molecule has 0 atom stereocenters. The maximum absolute atomic E-state index is 11.7. The van der Waals surface area contributed by atoms with Gasteiger partial charge in [-0.25, -0.2) is 4.79 Å². The summed E-state index contributed by atoms with van der Waals surface area (Å²) in [5.74, 6) is -1.53. The van der Waals surface area contributed by atoms with Crippen LogP contribution < -0.4 is 10.1 Å². The number of anilines is 1. The third-order valence-corrected chi connectivity index (χ3v) is 3.31. The molecule has 1 amide bonds. The molecule has 2 N–H and O–H groups in total. The van der Waals surface area contributed by atoms with Gasteiger partial charge in [0, 0.05) is 16.8 Å². The molecule has 1 heterocycles. The molecule has 1 aromatic heterocycles. The maximum atomic E-state index is 11.7. The number of carboxylic acid groups (broad SMARTS) is 1. The van der Waals surface area contributed by atoms with E-state index in [4.69, 9.17) is 9.84 Å². The van der Waals surface area contributed by atoms with Gasteiger partial charge in [-0.2, -0.15) is 0 Å². The molecular formula is C13H10N2O6S. The van der Waals surface area contributed by atoms with Gasteiger partial charge >= 0.3 is 5.97 Å². The van der Waals surface area contributed by atoms with Crippen LogP contribution in [0.3, 0.4) is 0 Å². The van der Waals surface area contributed by atoms with Crippen LogP contribution in [0.15, 0.2) is 35.0 Å². The number of nitrogens with one attached hydrogen (secondary N) is 1. The Hall–Kier alpha value is -2.94. The van der Waals surface area contributed by atoms with E-state index in [0.29, 0.717) is 0 Å². The number of nitro benzene ring substituents is 1. The summed E-state index contributed by atoms with van der Waals surface area (Å²) in [4.78, 5) is 32.7. The summed E-state index contributed by atoms with van der Waals surface area (Å²) in [7, 11) is 0. The molecule has 8 nitrogen and oxygen atoms in total. The van der Waals surface area contributed by atoms with Crippen molar-refractivity contribution >= 4 is 34.6 Å². The van der Waals surface area contributed by atoms with Crippen molar-refractivity contribution in [3.63, 3.8) is 0 Å². The van der Waals surface area contributed by atoms with Gasteiger partial charge in [0.1, 0.15) is 5.75 Å². The standard InChI is InChI=1S/C13H10N2O6S/c16-12(14-11-7-22-6-10(11)13(17)18)5-21-9-3-1-2-8(4-9)15(19)20/h1-4,6-7H,5H2,(H,14,16)(H,17,18). The first kappa shape index (κ1) is 15.4. The number of nitro groups is 1. The van der Waals surface area contributed by atoms with Crippen molar-refractivity contribution in [3.8, 4) is 5.75 Å². The normalized spacial score (nSPS) is 10.0. The molecule has 2 rings (SSSR count). The van der Waals surface area contributed by atoms with Crippen LogP contribution in [0.4, 0.5) is 11.4 Å². The second-order valence-electron chi connectivity index (χ2n) is 4.10. The monoisotopic (exact) mass is 322 g/mol. The van der Waals surface area contributed by atoms with E-state index in [-0.39, 0.29) is 22.7 Å². The highest BCUT2D eigenvalue weighted by atomic mass is 32.1. The van der Waals surface area contributed by atoms with Gasteiger partial charge in [-0.05, 0) is 6.07 Å². The SMILES string of the molecule is O=C(COc1cccc([N+](=O)[O-])c1)Nc1cscc1C(=O)O. The molecule has 0 unspecified atom stereocenters. The van der Waals surface area contributed by atoms with Gasteiger partial charge < -0.3 is 15.2 Å². The van der Waals surface area contributed by atoms with Crippen LogP contribution >= 0.6 is 11.3 Å². The fourth-order valence-electron chi connectivity index (χ4n) is 1.58. The lowest BCUT2D eigenvalue weighted by Crippen LogP contribution is -2.21. The summed E-state index contributed by atoms with van der Waals surface area (Å²) in [6.07, 6.45) is 0. The third-order valence-electron chi connectivity index (χ3n) is 2.56. The molecule has 0 aliphatic rings. The molecule has 114 valence electrons. The van der Waals surface area contributed by atoms with E-state index in [1.54, 1.807) is 0 Å². The summed E-state index contributed by atoms with van der Waals surface area (Å²) in [5.41, 5.74) is 0.0303. The van der Waals surface area contributed by atoms with Gasteiger partial charge in [0.2, 0.25) is 0 Å². The van der Waals surface area contributed by atoms with Crippen LogP contribution in [0.1, 0.15) is 10.4 Å². The van der Waals surface area contributed by atoms with Crippen molar-refractivity contribution in [2.45, 2.75) is 0 Å². The molecule has 0 aliphatic carbocycles. The molecule has 0 fully saturated rings. The second kappa shape index (κ2) is 6.68. The molecule has 2 aromatic rings. The van der Waals surface area contributed by atoms with Gasteiger partial charge in [0.25, 0.3) is 11.6 Å². The number of hydrogen-bond acceptors (Lipinski definition) is 6. The number of nitrogens with zero attached hydrogens (tertiary/aromatic N) is 1. The largest absolute Gasteiger partial charge is 0.484 e. The topological polar surface area (TPSA) is 119 Å². The van der Waals surface area contributed by atoms with E-state index < -0.39 is 23.4 Å². The van der Waals surface area contributed by atoms with E-state index in [9.17, 15) is 19.7 Å². The Morgan fingerprint density at radius 1 is 1.36 bits per heavy atom. The lowest BCUT2D eigenvalue weighted by atomic mass is 10.3. The van der Waals surface area contributed by atoms with E-state index in [0.717, 1.165) is 11.3 Å². The van der Waals surface area contributed by atoms with Crippen molar-refractivity contribution in [1.82, 2.24) is 0 Å².